The minimum Gasteiger partial charge on any atom is -0.346 e. The van der Waals surface area contributed by atoms with Crippen LogP contribution in [0.1, 0.15) is 57.3 Å². The van der Waals surface area contributed by atoms with Crippen LogP contribution in [0.15, 0.2) is 55.1 Å². The average Bonchev–Trinajstić information content (AvgIpc) is 3.45. The van der Waals surface area contributed by atoms with Gasteiger partial charge in [0.05, 0.1) is 12.6 Å². The summed E-state index contributed by atoms with van der Waals surface area (Å²) in [5.74, 6) is -0.999. The van der Waals surface area contributed by atoms with Gasteiger partial charge in [0.15, 0.2) is 5.78 Å². The molecule has 0 radical (unpaired) electrons. The molecule has 11 nitrogen and oxygen atoms in total. The van der Waals surface area contributed by atoms with Crippen molar-refractivity contribution in [3.63, 3.8) is 0 Å². The lowest BCUT2D eigenvalue weighted by atomic mass is 9.85. The van der Waals surface area contributed by atoms with E-state index in [2.05, 4.69) is 40.3 Å². The normalized spacial score (nSPS) is 17.3. The van der Waals surface area contributed by atoms with Crippen LogP contribution in [-0.4, -0.2) is 78.0 Å². The predicted molar refractivity (Wildman–Crippen MR) is 167 cm³/mol. The summed E-state index contributed by atoms with van der Waals surface area (Å²) in [5.41, 5.74) is 0.416. The van der Waals surface area contributed by atoms with Gasteiger partial charge in [-0.2, -0.15) is 0 Å². The second-order valence-electron chi connectivity index (χ2n) is 11.9. The van der Waals surface area contributed by atoms with Gasteiger partial charge in [0.25, 0.3) is 5.91 Å². The zero-order chi connectivity index (χ0) is 33.0. The van der Waals surface area contributed by atoms with Crippen molar-refractivity contribution in [3.05, 3.63) is 60.7 Å². The number of benzene rings is 1. The third-order valence-electron chi connectivity index (χ3n) is 7.32. The maximum Gasteiger partial charge on any atom is 0.315 e. The van der Waals surface area contributed by atoms with E-state index in [0.29, 0.717) is 5.56 Å². The topological polar surface area (TPSA) is 154 Å². The number of terminal acetylenes is 1. The lowest BCUT2D eigenvalue weighted by Crippen LogP contribution is -2.60. The Labute approximate surface area is 259 Å². The summed E-state index contributed by atoms with van der Waals surface area (Å²) in [6.07, 6.45) is 7.19. The van der Waals surface area contributed by atoms with Crippen molar-refractivity contribution in [1.29, 1.82) is 0 Å². The summed E-state index contributed by atoms with van der Waals surface area (Å²) in [6.45, 7) is 14.6. The van der Waals surface area contributed by atoms with Crippen LogP contribution in [0.3, 0.4) is 0 Å². The molecule has 44 heavy (non-hydrogen) atoms. The highest BCUT2D eigenvalue weighted by Crippen LogP contribution is 2.31. The van der Waals surface area contributed by atoms with E-state index in [1.54, 1.807) is 58.0 Å². The minimum absolute atomic E-state index is 0.0290. The monoisotopic (exact) mass is 605 g/mol. The number of urea groups is 1. The fourth-order valence-electron chi connectivity index (χ4n) is 4.74. The molecule has 1 fully saturated rings. The molecule has 0 aliphatic carbocycles. The van der Waals surface area contributed by atoms with Gasteiger partial charge >= 0.3 is 6.03 Å². The summed E-state index contributed by atoms with van der Waals surface area (Å²) in [5, 5.41) is 10.2. The van der Waals surface area contributed by atoms with Crippen molar-refractivity contribution in [2.24, 2.45) is 11.3 Å². The van der Waals surface area contributed by atoms with E-state index in [4.69, 9.17) is 6.42 Å². The molecule has 1 unspecified atom stereocenters. The number of Topliss-reactive ketones (excluding diaryl/α,β-unsaturated/α-hetero) is 2. The van der Waals surface area contributed by atoms with Crippen LogP contribution >= 0.6 is 0 Å². The van der Waals surface area contributed by atoms with Crippen molar-refractivity contribution >= 4 is 35.3 Å². The van der Waals surface area contributed by atoms with E-state index in [-0.39, 0.29) is 50.6 Å². The van der Waals surface area contributed by atoms with Gasteiger partial charge in [-0.1, -0.05) is 69.3 Å². The minimum atomic E-state index is -1.20. The van der Waals surface area contributed by atoms with Crippen LogP contribution in [0.4, 0.5) is 4.79 Å². The van der Waals surface area contributed by atoms with Gasteiger partial charge in [0.1, 0.15) is 12.1 Å². The van der Waals surface area contributed by atoms with Crippen molar-refractivity contribution in [3.8, 4) is 12.3 Å². The Morgan fingerprint density at radius 3 is 2.32 bits per heavy atom. The zero-order valence-corrected chi connectivity index (χ0v) is 25.9. The van der Waals surface area contributed by atoms with Crippen LogP contribution < -0.4 is 21.3 Å². The van der Waals surface area contributed by atoms with Crippen molar-refractivity contribution in [2.45, 2.75) is 65.1 Å². The Morgan fingerprint density at radius 2 is 1.75 bits per heavy atom. The highest BCUT2D eigenvalue weighted by atomic mass is 16.2. The van der Waals surface area contributed by atoms with Gasteiger partial charge < -0.3 is 26.2 Å². The van der Waals surface area contributed by atoms with Crippen molar-refractivity contribution in [2.75, 3.05) is 19.6 Å². The number of likely N-dealkylation sites (tertiary alicyclic amines) is 1. The summed E-state index contributed by atoms with van der Waals surface area (Å²) >= 11 is 0. The maximum atomic E-state index is 14.0. The van der Waals surface area contributed by atoms with E-state index in [1.807, 2.05) is 0 Å². The van der Waals surface area contributed by atoms with Crippen LogP contribution in [0.25, 0.3) is 0 Å². The molecular weight excluding hydrogens is 562 g/mol. The highest BCUT2D eigenvalue weighted by Gasteiger charge is 2.45. The number of carbonyl (C=O) groups excluding carboxylic acids is 6. The fourth-order valence-corrected chi connectivity index (χ4v) is 4.74. The third kappa shape index (κ3) is 9.93. The molecule has 236 valence electrons. The molecule has 1 aliphatic heterocycles. The molecular formula is C33H43N5O6. The summed E-state index contributed by atoms with van der Waals surface area (Å²) in [6, 6.07) is 4.49. The molecule has 1 aromatic carbocycles. The largest absolute Gasteiger partial charge is 0.346 e. The van der Waals surface area contributed by atoms with Gasteiger partial charge in [0.2, 0.25) is 17.6 Å². The van der Waals surface area contributed by atoms with Crippen molar-refractivity contribution in [1.82, 2.24) is 26.2 Å². The first-order valence-electron chi connectivity index (χ1n) is 14.5. The van der Waals surface area contributed by atoms with Gasteiger partial charge in [-0.3, -0.25) is 24.0 Å². The van der Waals surface area contributed by atoms with Gasteiger partial charge in [0, 0.05) is 25.1 Å². The molecule has 0 spiro atoms. The number of rotatable bonds is 14. The first kappa shape index (κ1) is 35.5. The third-order valence-corrected chi connectivity index (χ3v) is 7.32. The zero-order valence-electron chi connectivity index (χ0n) is 25.9. The lowest BCUT2D eigenvalue weighted by molar-refractivity contribution is -0.143. The van der Waals surface area contributed by atoms with E-state index in [1.165, 1.54) is 11.0 Å². The summed E-state index contributed by atoms with van der Waals surface area (Å²) in [4.78, 5) is 79.5. The lowest BCUT2D eigenvalue weighted by Gasteiger charge is -2.35. The number of nitrogens with one attached hydrogen (secondary N) is 4. The van der Waals surface area contributed by atoms with Crippen LogP contribution in [0.2, 0.25) is 0 Å². The molecule has 1 aromatic rings. The highest BCUT2D eigenvalue weighted by molar-refractivity contribution is 6.38. The number of hydrogen-bond donors (Lipinski definition) is 4. The molecule has 1 heterocycles. The van der Waals surface area contributed by atoms with Gasteiger partial charge in [-0.25, -0.2) is 4.79 Å². The molecule has 1 saturated heterocycles. The smallest absolute Gasteiger partial charge is 0.315 e. The Kier molecular flexibility index (Phi) is 13.1. The number of nitrogens with zero attached hydrogens (tertiary/aromatic N) is 1. The SMILES string of the molecule is C#CCCC(NC(=O)[C@@H]1C[C@@H](C(=C)C)CN1C(=O)[C@@H](NC(=O)NCC(=O)c1ccccc1)C(C)(C)C)C(=O)C(=O)NCC=C. The molecule has 1 aliphatic rings. The molecule has 11 heteroatoms. The second kappa shape index (κ2) is 16.2. The fraction of sp³-hybridized carbons (Fsp3) is 0.455. The Bertz CT molecular complexity index is 1310. The van der Waals surface area contributed by atoms with E-state index < -0.39 is 53.1 Å². The van der Waals surface area contributed by atoms with Gasteiger partial charge in [-0.15, -0.1) is 18.9 Å². The Morgan fingerprint density at radius 1 is 1.09 bits per heavy atom. The molecule has 4 atom stereocenters. The first-order chi connectivity index (χ1) is 20.7. The second-order valence-corrected chi connectivity index (χ2v) is 11.9. The predicted octanol–water partition coefficient (Wildman–Crippen LogP) is 2.15. The van der Waals surface area contributed by atoms with Crippen LogP contribution in [-0.2, 0) is 19.2 Å². The van der Waals surface area contributed by atoms with E-state index >= 15 is 0 Å². The van der Waals surface area contributed by atoms with Crippen molar-refractivity contribution < 1.29 is 28.8 Å². The number of ketones is 2. The quantitative estimate of drug-likeness (QED) is 0.110. The molecule has 4 N–H and O–H groups in total. The Hall–Kier alpha value is -4.72. The molecule has 0 bridgehead atoms. The van der Waals surface area contributed by atoms with E-state index in [0.717, 1.165) is 5.57 Å². The summed E-state index contributed by atoms with van der Waals surface area (Å²) in [7, 11) is 0. The standard InChI is InChI=1S/C33H43N5O6/c1-8-10-16-24(27(40)30(42)34-17-9-2)36-29(41)25-18-23(21(3)4)20-38(25)31(43)28(33(5,6)7)37-32(44)35-19-26(39)22-14-12-11-13-15-22/h1,9,11-15,23-25,28H,2-3,10,16-20H2,4-7H3,(H,34,42)(H,36,41)(H2,35,37,44)/t23-,24?,25+,28-/m1/s1. The number of amides is 5. The number of hydrogen-bond acceptors (Lipinski definition) is 6. The average molecular weight is 606 g/mol. The molecule has 2 rings (SSSR count). The molecule has 0 saturated carbocycles. The van der Waals surface area contributed by atoms with Crippen LogP contribution in [0.5, 0.6) is 0 Å². The maximum absolute atomic E-state index is 14.0. The summed E-state index contributed by atoms with van der Waals surface area (Å²) < 4.78 is 0. The molecule has 5 amide bonds. The van der Waals surface area contributed by atoms with Gasteiger partial charge in [-0.05, 0) is 31.1 Å². The molecule has 0 aromatic heterocycles. The van der Waals surface area contributed by atoms with E-state index in [9.17, 15) is 28.8 Å². The first-order valence-corrected chi connectivity index (χ1v) is 14.5. The van der Waals surface area contributed by atoms with Crippen LogP contribution in [0, 0.1) is 23.7 Å². The Balaban J connectivity index is 2.25. The number of carbonyl (C=O) groups is 6.